The van der Waals surface area contributed by atoms with Gasteiger partial charge >= 0.3 is 0 Å². The Morgan fingerprint density at radius 1 is 1.06 bits per heavy atom. The molecule has 178 valence electrons. The van der Waals surface area contributed by atoms with E-state index < -0.39 is 5.91 Å². The van der Waals surface area contributed by atoms with Crippen molar-refractivity contribution in [3.63, 3.8) is 0 Å². The van der Waals surface area contributed by atoms with Gasteiger partial charge < -0.3 is 14.4 Å². The number of halogens is 1. The summed E-state index contributed by atoms with van der Waals surface area (Å²) in [5.74, 6) is 1.52. The normalized spacial score (nSPS) is 17.5. The third kappa shape index (κ3) is 5.87. The van der Waals surface area contributed by atoms with Crippen molar-refractivity contribution in [1.82, 2.24) is 25.3 Å². The zero-order chi connectivity index (χ0) is 24.2. The van der Waals surface area contributed by atoms with Crippen molar-refractivity contribution in [3.05, 3.63) is 64.5 Å². The molecular weight excluding hydrogens is 492 g/mol. The quantitative estimate of drug-likeness (QED) is 0.485. The highest BCUT2D eigenvalue weighted by molar-refractivity contribution is 8.18. The van der Waals surface area contributed by atoms with Crippen LogP contribution in [0.4, 0.5) is 10.7 Å². The fourth-order valence-electron chi connectivity index (χ4n) is 3.62. The van der Waals surface area contributed by atoms with Crippen LogP contribution in [-0.2, 0) is 4.79 Å². The Labute approximate surface area is 209 Å². The first-order valence-corrected chi connectivity index (χ1v) is 12.0. The molecule has 2 aromatic heterocycles. The van der Waals surface area contributed by atoms with Gasteiger partial charge in [-0.25, -0.2) is 19.9 Å². The van der Waals surface area contributed by atoms with Crippen LogP contribution in [0.5, 0.6) is 17.5 Å². The number of imide groups is 1. The fourth-order valence-corrected chi connectivity index (χ4v) is 4.40. The second kappa shape index (κ2) is 10.3. The Bertz CT molecular complexity index is 1280. The first kappa shape index (κ1) is 23.1. The molecule has 2 amide bonds. The summed E-state index contributed by atoms with van der Waals surface area (Å²) in [4.78, 5) is 42.5. The van der Waals surface area contributed by atoms with Crippen LogP contribution in [0, 0.1) is 0 Å². The summed E-state index contributed by atoms with van der Waals surface area (Å²) in [5.41, 5.74) is 0.719. The lowest BCUT2D eigenvalue weighted by Crippen LogP contribution is -2.39. The zero-order valence-electron chi connectivity index (χ0n) is 18.3. The average molecular weight is 511 g/mol. The van der Waals surface area contributed by atoms with Crippen molar-refractivity contribution < 1.29 is 19.1 Å². The molecule has 0 radical (unpaired) electrons. The molecule has 1 N–H and O–H groups in total. The van der Waals surface area contributed by atoms with E-state index in [-0.39, 0.29) is 11.3 Å². The van der Waals surface area contributed by atoms with Crippen LogP contribution in [0.25, 0.3) is 6.08 Å². The monoisotopic (exact) mass is 510 g/mol. The van der Waals surface area contributed by atoms with Gasteiger partial charge in [0.2, 0.25) is 17.7 Å². The van der Waals surface area contributed by atoms with Gasteiger partial charge in [-0.2, -0.15) is 0 Å². The lowest BCUT2D eigenvalue weighted by Gasteiger charge is -2.31. The van der Waals surface area contributed by atoms with Crippen LogP contribution in [0.3, 0.4) is 0 Å². The number of thioether (sulfide) groups is 1. The van der Waals surface area contributed by atoms with E-state index in [1.54, 1.807) is 42.7 Å². The van der Waals surface area contributed by atoms with Gasteiger partial charge in [0.05, 0.1) is 28.4 Å². The lowest BCUT2D eigenvalue weighted by atomic mass is 10.1. The van der Waals surface area contributed by atoms with E-state index in [4.69, 9.17) is 21.1 Å². The number of ether oxygens (including phenoxy) is 2. The molecule has 0 atom stereocenters. The molecule has 35 heavy (non-hydrogen) atoms. The smallest absolute Gasteiger partial charge is 0.290 e. The van der Waals surface area contributed by atoms with Crippen molar-refractivity contribution in [2.24, 2.45) is 0 Å². The van der Waals surface area contributed by atoms with Crippen LogP contribution in [0.1, 0.15) is 18.4 Å². The fraction of sp³-hybridized carbons (Fsp3) is 0.217. The van der Waals surface area contributed by atoms with Crippen LogP contribution in [-0.4, -0.2) is 50.3 Å². The second-order valence-electron chi connectivity index (χ2n) is 7.73. The second-order valence-corrected chi connectivity index (χ2v) is 9.18. The SMILES string of the molecule is O=C1NC(=O)C(=Cc2cccc(Oc3cc(OC4CCN(c5ncc(Cl)cn5)CC4)ncn3)c2)S1. The number of benzene rings is 1. The summed E-state index contributed by atoms with van der Waals surface area (Å²) in [6.45, 7) is 1.51. The first-order valence-electron chi connectivity index (χ1n) is 10.8. The van der Waals surface area contributed by atoms with Gasteiger partial charge in [0.15, 0.2) is 0 Å². The molecule has 5 rings (SSSR count). The minimum absolute atomic E-state index is 0.00554. The van der Waals surface area contributed by atoms with Gasteiger partial charge in [-0.3, -0.25) is 14.9 Å². The van der Waals surface area contributed by atoms with Crippen molar-refractivity contribution in [1.29, 1.82) is 0 Å². The number of nitrogens with one attached hydrogen (secondary N) is 1. The Morgan fingerprint density at radius 3 is 2.57 bits per heavy atom. The maximum Gasteiger partial charge on any atom is 0.290 e. The summed E-state index contributed by atoms with van der Waals surface area (Å²) < 4.78 is 11.9. The molecule has 3 aromatic rings. The van der Waals surface area contributed by atoms with Crippen LogP contribution in [0.2, 0.25) is 5.02 Å². The van der Waals surface area contributed by atoms with Crippen LogP contribution < -0.4 is 19.7 Å². The molecular formula is C23H19ClN6O4S. The first-order chi connectivity index (χ1) is 17.0. The maximum absolute atomic E-state index is 11.8. The van der Waals surface area contributed by atoms with E-state index >= 15 is 0 Å². The standard InChI is InChI=1S/C23H19ClN6O4S/c24-15-11-25-22(26-12-15)30-6-4-16(5-7-30)33-19-10-20(28-13-27-19)34-17-3-1-2-14(8-17)9-18-21(31)29-23(32)35-18/h1-3,8-13,16H,4-7H2,(H,29,31,32). The molecule has 2 fully saturated rings. The zero-order valence-corrected chi connectivity index (χ0v) is 19.8. The predicted molar refractivity (Wildman–Crippen MR) is 131 cm³/mol. The summed E-state index contributed by atoms with van der Waals surface area (Å²) in [7, 11) is 0. The van der Waals surface area contributed by atoms with Gasteiger partial charge in [-0.1, -0.05) is 23.7 Å². The number of rotatable bonds is 6. The molecule has 0 aliphatic carbocycles. The topological polar surface area (TPSA) is 119 Å². The largest absolute Gasteiger partial charge is 0.474 e. The summed E-state index contributed by atoms with van der Waals surface area (Å²) in [6, 6.07) is 8.76. The van der Waals surface area contributed by atoms with Crippen LogP contribution in [0.15, 0.2) is 54.0 Å². The molecule has 12 heteroatoms. The van der Waals surface area contributed by atoms with Gasteiger partial charge in [0, 0.05) is 25.9 Å². The number of piperidine rings is 1. The molecule has 2 saturated heterocycles. The Morgan fingerprint density at radius 2 is 1.83 bits per heavy atom. The third-order valence-electron chi connectivity index (χ3n) is 5.26. The molecule has 10 nitrogen and oxygen atoms in total. The summed E-state index contributed by atoms with van der Waals surface area (Å²) >= 11 is 6.73. The third-order valence-corrected chi connectivity index (χ3v) is 6.26. The number of carbonyl (C=O) groups excluding carboxylic acids is 2. The highest BCUT2D eigenvalue weighted by Crippen LogP contribution is 2.28. The highest BCUT2D eigenvalue weighted by Gasteiger charge is 2.25. The van der Waals surface area contributed by atoms with E-state index in [0.29, 0.717) is 33.4 Å². The highest BCUT2D eigenvalue weighted by atomic mass is 35.5. The summed E-state index contributed by atoms with van der Waals surface area (Å²) in [5, 5.41) is 2.36. The average Bonchev–Trinajstić information content (AvgIpc) is 3.17. The van der Waals surface area contributed by atoms with Gasteiger partial charge in [0.1, 0.15) is 18.2 Å². The van der Waals surface area contributed by atoms with E-state index in [9.17, 15) is 9.59 Å². The van der Waals surface area contributed by atoms with E-state index in [2.05, 4.69) is 30.2 Å². The van der Waals surface area contributed by atoms with Crippen molar-refractivity contribution in [2.75, 3.05) is 18.0 Å². The van der Waals surface area contributed by atoms with Gasteiger partial charge in [0.25, 0.3) is 11.1 Å². The summed E-state index contributed by atoms with van der Waals surface area (Å²) in [6.07, 6.45) is 7.77. The minimum Gasteiger partial charge on any atom is -0.474 e. The molecule has 0 unspecified atom stereocenters. The van der Waals surface area contributed by atoms with E-state index in [1.165, 1.54) is 6.33 Å². The minimum atomic E-state index is -0.407. The molecule has 2 aliphatic heterocycles. The van der Waals surface area contributed by atoms with Crippen molar-refractivity contribution in [2.45, 2.75) is 18.9 Å². The molecule has 0 bridgehead atoms. The Kier molecular flexibility index (Phi) is 6.77. The number of hydrogen-bond acceptors (Lipinski definition) is 10. The van der Waals surface area contributed by atoms with Crippen LogP contribution >= 0.6 is 23.4 Å². The number of nitrogens with zero attached hydrogens (tertiary/aromatic N) is 5. The number of aromatic nitrogens is 4. The van der Waals surface area contributed by atoms with Gasteiger partial charge in [-0.05, 0) is 35.5 Å². The number of hydrogen-bond donors (Lipinski definition) is 1. The molecule has 0 spiro atoms. The lowest BCUT2D eigenvalue weighted by molar-refractivity contribution is -0.115. The molecule has 4 heterocycles. The van der Waals surface area contributed by atoms with E-state index in [1.807, 2.05) is 6.07 Å². The maximum atomic E-state index is 11.8. The Hall–Kier alpha value is -3.70. The Balaban J connectivity index is 1.19. The molecule has 2 aliphatic rings. The number of carbonyl (C=O) groups is 2. The van der Waals surface area contributed by atoms with Crippen molar-refractivity contribution >= 4 is 46.5 Å². The van der Waals surface area contributed by atoms with Crippen molar-refractivity contribution in [3.8, 4) is 17.5 Å². The number of anilines is 1. The molecule has 0 saturated carbocycles. The number of amides is 2. The molecule has 1 aromatic carbocycles. The van der Waals surface area contributed by atoms with Gasteiger partial charge in [-0.15, -0.1) is 0 Å². The predicted octanol–water partition coefficient (Wildman–Crippen LogP) is 4.08. The van der Waals surface area contributed by atoms with E-state index in [0.717, 1.165) is 43.3 Å².